The summed E-state index contributed by atoms with van der Waals surface area (Å²) in [7, 11) is 0. The topological polar surface area (TPSA) is 21.3 Å². The highest BCUT2D eigenvalue weighted by atomic mass is 35.5. The summed E-state index contributed by atoms with van der Waals surface area (Å²) in [6, 6.07) is 14.1. The van der Waals surface area contributed by atoms with Crippen LogP contribution in [0.1, 0.15) is 37.4 Å². The number of hydrogen-bond acceptors (Lipinski definition) is 2. The molecule has 2 nitrogen and oxygen atoms in total. The van der Waals surface area contributed by atoms with Crippen LogP contribution in [0.4, 0.5) is 0 Å². The van der Waals surface area contributed by atoms with Crippen molar-refractivity contribution in [3.63, 3.8) is 0 Å². The van der Waals surface area contributed by atoms with Crippen molar-refractivity contribution in [1.29, 1.82) is 0 Å². The van der Waals surface area contributed by atoms with E-state index in [0.29, 0.717) is 0 Å². The molecule has 0 spiro atoms. The van der Waals surface area contributed by atoms with E-state index in [9.17, 15) is 0 Å². The summed E-state index contributed by atoms with van der Waals surface area (Å²) in [5.41, 5.74) is 2.31. The average molecular weight is 304 g/mol. The van der Waals surface area contributed by atoms with Gasteiger partial charge in [0.1, 0.15) is 11.5 Å². The van der Waals surface area contributed by atoms with Crippen molar-refractivity contribution in [3.8, 4) is 11.5 Å². The zero-order chi connectivity index (χ0) is 15.2. The molecule has 2 rings (SSSR count). The monoisotopic (exact) mass is 303 g/mol. The van der Waals surface area contributed by atoms with Crippen LogP contribution < -0.4 is 10.1 Å². The Morgan fingerprint density at radius 1 is 1.10 bits per heavy atom. The minimum Gasteiger partial charge on any atom is -0.457 e. The smallest absolute Gasteiger partial charge is 0.128 e. The summed E-state index contributed by atoms with van der Waals surface area (Å²) in [5, 5.41) is 4.17. The predicted octanol–water partition coefficient (Wildman–Crippen LogP) is 5.50. The first-order valence-electron chi connectivity index (χ1n) is 7.37. The molecule has 0 amide bonds. The quantitative estimate of drug-likeness (QED) is 0.760. The summed E-state index contributed by atoms with van der Waals surface area (Å²) in [4.78, 5) is 0. The first-order chi connectivity index (χ1) is 10.1. The van der Waals surface area contributed by atoms with Crippen molar-refractivity contribution in [2.24, 2.45) is 0 Å². The van der Waals surface area contributed by atoms with Gasteiger partial charge in [-0.3, -0.25) is 0 Å². The van der Waals surface area contributed by atoms with Gasteiger partial charge in [0.15, 0.2) is 0 Å². The third-order valence-corrected chi connectivity index (χ3v) is 3.72. The van der Waals surface area contributed by atoms with Crippen molar-refractivity contribution in [3.05, 3.63) is 58.6 Å². The van der Waals surface area contributed by atoms with Gasteiger partial charge in [0.2, 0.25) is 0 Å². The van der Waals surface area contributed by atoms with Gasteiger partial charge >= 0.3 is 0 Å². The molecule has 112 valence electrons. The molecular formula is C18H22ClNO. The number of aryl methyl sites for hydroxylation is 1. The molecule has 0 heterocycles. The van der Waals surface area contributed by atoms with Crippen molar-refractivity contribution in [1.82, 2.24) is 5.32 Å². The molecule has 1 unspecified atom stereocenters. The van der Waals surface area contributed by atoms with Crippen LogP contribution in [-0.4, -0.2) is 6.54 Å². The van der Waals surface area contributed by atoms with Gasteiger partial charge in [-0.25, -0.2) is 0 Å². The number of nitrogens with one attached hydrogen (secondary N) is 1. The minimum atomic E-state index is 0.242. The Hall–Kier alpha value is -1.51. The van der Waals surface area contributed by atoms with E-state index in [0.717, 1.165) is 35.1 Å². The lowest BCUT2D eigenvalue weighted by Crippen LogP contribution is -2.19. The molecule has 0 aromatic heterocycles. The molecule has 0 radical (unpaired) electrons. The van der Waals surface area contributed by atoms with Crippen LogP contribution in [-0.2, 0) is 0 Å². The molecule has 0 aliphatic carbocycles. The second-order valence-corrected chi connectivity index (χ2v) is 5.68. The van der Waals surface area contributed by atoms with Gasteiger partial charge < -0.3 is 10.1 Å². The highest BCUT2D eigenvalue weighted by Crippen LogP contribution is 2.30. The molecule has 0 saturated heterocycles. The fourth-order valence-corrected chi connectivity index (χ4v) is 2.47. The lowest BCUT2D eigenvalue weighted by atomic mass is 10.1. The number of benzene rings is 2. The average Bonchev–Trinajstić information content (AvgIpc) is 2.47. The number of hydrogen-bond donors (Lipinski definition) is 1. The highest BCUT2D eigenvalue weighted by Gasteiger charge is 2.10. The zero-order valence-corrected chi connectivity index (χ0v) is 13.6. The van der Waals surface area contributed by atoms with Crippen molar-refractivity contribution in [2.75, 3.05) is 6.54 Å². The number of halogens is 1. The van der Waals surface area contributed by atoms with Crippen LogP contribution in [0.5, 0.6) is 11.5 Å². The molecule has 2 aromatic carbocycles. The maximum absolute atomic E-state index is 6.37. The van der Waals surface area contributed by atoms with E-state index in [1.165, 1.54) is 5.56 Å². The van der Waals surface area contributed by atoms with Gasteiger partial charge in [-0.2, -0.15) is 0 Å². The van der Waals surface area contributed by atoms with E-state index in [-0.39, 0.29) is 6.04 Å². The van der Waals surface area contributed by atoms with Gasteiger partial charge in [-0.1, -0.05) is 42.3 Å². The highest BCUT2D eigenvalue weighted by molar-refractivity contribution is 6.31. The van der Waals surface area contributed by atoms with E-state index < -0.39 is 0 Å². The Bertz CT molecular complexity index is 580. The van der Waals surface area contributed by atoms with Crippen molar-refractivity contribution in [2.45, 2.75) is 33.2 Å². The summed E-state index contributed by atoms with van der Waals surface area (Å²) in [6.45, 7) is 7.32. The van der Waals surface area contributed by atoms with Gasteiger partial charge in [0, 0.05) is 11.1 Å². The summed E-state index contributed by atoms with van der Waals surface area (Å²) in [5.74, 6) is 1.58. The largest absolute Gasteiger partial charge is 0.457 e. The molecular weight excluding hydrogens is 282 g/mol. The lowest BCUT2D eigenvalue weighted by molar-refractivity contribution is 0.481. The van der Waals surface area contributed by atoms with E-state index in [2.05, 4.69) is 26.1 Å². The fourth-order valence-electron chi connectivity index (χ4n) is 2.14. The molecule has 0 aliphatic rings. The number of ether oxygens (including phenoxy) is 1. The van der Waals surface area contributed by atoms with Crippen molar-refractivity contribution >= 4 is 11.6 Å². The summed E-state index contributed by atoms with van der Waals surface area (Å²) < 4.78 is 5.83. The van der Waals surface area contributed by atoms with Crippen LogP contribution in [0.15, 0.2) is 42.5 Å². The molecule has 0 aliphatic heterocycles. The standard InChI is InChI=1S/C18H22ClNO/c1-4-11-20-14(3)17-10-9-16(12-18(17)19)21-15-7-5-13(2)6-8-15/h5-10,12,14,20H,4,11H2,1-3H3. The molecule has 0 bridgehead atoms. The first kappa shape index (κ1) is 15.9. The summed E-state index contributed by atoms with van der Waals surface area (Å²) in [6.07, 6.45) is 1.11. The van der Waals surface area contributed by atoms with E-state index in [1.54, 1.807) is 0 Å². The van der Waals surface area contributed by atoms with Crippen LogP contribution in [0.3, 0.4) is 0 Å². The maximum Gasteiger partial charge on any atom is 0.128 e. The second-order valence-electron chi connectivity index (χ2n) is 5.27. The molecule has 1 N–H and O–H groups in total. The lowest BCUT2D eigenvalue weighted by Gasteiger charge is -2.16. The zero-order valence-electron chi connectivity index (χ0n) is 12.8. The van der Waals surface area contributed by atoms with Crippen LogP contribution in [0, 0.1) is 6.92 Å². The SMILES string of the molecule is CCCNC(C)c1ccc(Oc2ccc(C)cc2)cc1Cl. The Morgan fingerprint density at radius 3 is 2.38 bits per heavy atom. The van der Waals surface area contributed by atoms with E-state index in [1.807, 2.05) is 42.5 Å². The Balaban J connectivity index is 2.09. The third kappa shape index (κ3) is 4.48. The molecule has 21 heavy (non-hydrogen) atoms. The third-order valence-electron chi connectivity index (χ3n) is 3.40. The van der Waals surface area contributed by atoms with Gasteiger partial charge in [0.05, 0.1) is 0 Å². The molecule has 0 fully saturated rings. The minimum absolute atomic E-state index is 0.242. The molecule has 0 saturated carbocycles. The van der Waals surface area contributed by atoms with Crippen LogP contribution in [0.25, 0.3) is 0 Å². The molecule has 2 aromatic rings. The Morgan fingerprint density at radius 2 is 1.76 bits per heavy atom. The summed E-state index contributed by atoms with van der Waals surface area (Å²) >= 11 is 6.37. The van der Waals surface area contributed by atoms with Gasteiger partial charge in [-0.15, -0.1) is 0 Å². The predicted molar refractivity (Wildman–Crippen MR) is 89.4 cm³/mol. The second kappa shape index (κ2) is 7.48. The van der Waals surface area contributed by atoms with Crippen molar-refractivity contribution < 1.29 is 4.74 Å². The van der Waals surface area contributed by atoms with Gasteiger partial charge in [-0.05, 0) is 56.6 Å². The Kier molecular flexibility index (Phi) is 5.66. The first-order valence-corrected chi connectivity index (χ1v) is 7.75. The maximum atomic E-state index is 6.37. The Labute approximate surface area is 132 Å². The van der Waals surface area contributed by atoms with E-state index in [4.69, 9.17) is 16.3 Å². The fraction of sp³-hybridized carbons (Fsp3) is 0.333. The number of rotatable bonds is 6. The molecule has 1 atom stereocenters. The molecule has 3 heteroatoms. The van der Waals surface area contributed by atoms with Crippen LogP contribution >= 0.6 is 11.6 Å². The van der Waals surface area contributed by atoms with Gasteiger partial charge in [0.25, 0.3) is 0 Å². The van der Waals surface area contributed by atoms with E-state index >= 15 is 0 Å². The van der Waals surface area contributed by atoms with Crippen LogP contribution in [0.2, 0.25) is 5.02 Å². The normalized spacial score (nSPS) is 12.2.